The predicted molar refractivity (Wildman–Crippen MR) is 76.4 cm³/mol. The van der Waals surface area contributed by atoms with Crippen LogP contribution in [0.25, 0.3) is 0 Å². The molecule has 1 amide bonds. The molecule has 0 aromatic heterocycles. The van der Waals surface area contributed by atoms with Crippen molar-refractivity contribution in [1.29, 1.82) is 0 Å². The highest BCUT2D eigenvalue weighted by Crippen LogP contribution is 2.18. The van der Waals surface area contributed by atoms with Gasteiger partial charge in [-0.2, -0.15) is 0 Å². The molecule has 1 aromatic rings. The van der Waals surface area contributed by atoms with Crippen molar-refractivity contribution in [3.8, 4) is 0 Å². The molecule has 0 saturated heterocycles. The fraction of sp³-hybridized carbons (Fsp3) is 0.429. The highest BCUT2D eigenvalue weighted by Gasteiger charge is 2.22. The molecule has 6 nitrogen and oxygen atoms in total. The number of nitrogens with zero attached hydrogens (tertiary/aromatic N) is 1. The largest absolute Gasteiger partial charge is 0.409 e. The van der Waals surface area contributed by atoms with E-state index >= 15 is 0 Å². The molecule has 1 fully saturated rings. The molecule has 0 unspecified atom stereocenters. The van der Waals surface area contributed by atoms with Gasteiger partial charge in [-0.3, -0.25) is 4.79 Å². The fourth-order valence-electron chi connectivity index (χ4n) is 1.81. The highest BCUT2D eigenvalue weighted by molar-refractivity contribution is 5.96. The van der Waals surface area contributed by atoms with E-state index in [9.17, 15) is 4.79 Å². The summed E-state index contributed by atoms with van der Waals surface area (Å²) in [4.78, 5) is 11.5. The summed E-state index contributed by atoms with van der Waals surface area (Å²) in [5.41, 5.74) is 7.25. The first kappa shape index (κ1) is 14.3. The minimum Gasteiger partial charge on any atom is -0.409 e. The van der Waals surface area contributed by atoms with E-state index in [4.69, 9.17) is 10.9 Å². The normalized spacial score (nSPS) is 15.1. The molecule has 1 aromatic carbocycles. The Bertz CT molecular complexity index is 480. The minimum atomic E-state index is 0.0984. The van der Waals surface area contributed by atoms with Gasteiger partial charge in [0, 0.05) is 31.1 Å². The van der Waals surface area contributed by atoms with Gasteiger partial charge in [0.25, 0.3) is 0 Å². The van der Waals surface area contributed by atoms with E-state index in [2.05, 4.69) is 15.8 Å². The van der Waals surface area contributed by atoms with Gasteiger partial charge < -0.3 is 21.6 Å². The lowest BCUT2D eigenvalue weighted by Crippen LogP contribution is -2.29. The first-order chi connectivity index (χ1) is 9.69. The Labute approximate surface area is 118 Å². The maximum atomic E-state index is 11.5. The van der Waals surface area contributed by atoms with Crippen LogP contribution in [0.5, 0.6) is 0 Å². The summed E-state index contributed by atoms with van der Waals surface area (Å²) in [6.45, 7) is 1.34. The summed E-state index contributed by atoms with van der Waals surface area (Å²) in [7, 11) is 0. The Morgan fingerprint density at radius 2 is 2.05 bits per heavy atom. The Balaban J connectivity index is 1.67. The standard InChI is InChI=1S/C14H20N4O2/c15-14(18-20)11-3-1-10(2-4-11)9-16-8-7-13(19)17-12-5-6-12/h1-4,12,16,20H,5-9H2,(H2,15,18)(H,17,19). The van der Waals surface area contributed by atoms with Crippen molar-refractivity contribution in [2.45, 2.75) is 31.8 Å². The molecule has 0 spiro atoms. The van der Waals surface area contributed by atoms with Gasteiger partial charge in [0.1, 0.15) is 0 Å². The van der Waals surface area contributed by atoms with Gasteiger partial charge in [0.2, 0.25) is 5.91 Å². The molecule has 1 aliphatic carbocycles. The van der Waals surface area contributed by atoms with Gasteiger partial charge in [-0.15, -0.1) is 0 Å². The van der Waals surface area contributed by atoms with Crippen molar-refractivity contribution in [3.05, 3.63) is 35.4 Å². The number of carbonyl (C=O) groups is 1. The highest BCUT2D eigenvalue weighted by atomic mass is 16.4. The number of hydrogen-bond acceptors (Lipinski definition) is 4. The number of nitrogens with two attached hydrogens (primary N) is 1. The number of amides is 1. The molecule has 0 atom stereocenters. The van der Waals surface area contributed by atoms with Crippen LogP contribution >= 0.6 is 0 Å². The maximum Gasteiger partial charge on any atom is 0.221 e. The topological polar surface area (TPSA) is 99.7 Å². The molecule has 5 N–H and O–H groups in total. The van der Waals surface area contributed by atoms with Crippen LogP contribution in [0.15, 0.2) is 29.4 Å². The van der Waals surface area contributed by atoms with Crippen LogP contribution in [-0.2, 0) is 11.3 Å². The molecule has 0 bridgehead atoms. The summed E-state index contributed by atoms with van der Waals surface area (Å²) in [5, 5.41) is 17.7. The minimum absolute atomic E-state index is 0.0984. The molecule has 1 saturated carbocycles. The molecule has 108 valence electrons. The SMILES string of the molecule is NC(=NO)c1ccc(CNCCC(=O)NC2CC2)cc1. The number of oxime groups is 1. The van der Waals surface area contributed by atoms with E-state index in [1.54, 1.807) is 12.1 Å². The molecular formula is C14H20N4O2. The number of nitrogens with one attached hydrogen (secondary N) is 2. The average molecular weight is 276 g/mol. The van der Waals surface area contributed by atoms with Crippen LogP contribution in [0.4, 0.5) is 0 Å². The van der Waals surface area contributed by atoms with Gasteiger partial charge in [-0.05, 0) is 18.4 Å². The lowest BCUT2D eigenvalue weighted by molar-refractivity contribution is -0.121. The molecular weight excluding hydrogens is 256 g/mol. The zero-order valence-electron chi connectivity index (χ0n) is 11.3. The second-order valence-corrected chi connectivity index (χ2v) is 4.95. The van der Waals surface area contributed by atoms with E-state index in [1.165, 1.54) is 0 Å². The number of benzene rings is 1. The lowest BCUT2D eigenvalue weighted by Gasteiger charge is -2.06. The van der Waals surface area contributed by atoms with Gasteiger partial charge in [0.05, 0.1) is 0 Å². The van der Waals surface area contributed by atoms with Crippen LogP contribution in [0.2, 0.25) is 0 Å². The van der Waals surface area contributed by atoms with Crippen molar-refractivity contribution >= 4 is 11.7 Å². The van der Waals surface area contributed by atoms with E-state index in [0.717, 1.165) is 18.4 Å². The van der Waals surface area contributed by atoms with Gasteiger partial charge in [-0.25, -0.2) is 0 Å². The Hall–Kier alpha value is -2.08. The fourth-order valence-corrected chi connectivity index (χ4v) is 1.81. The summed E-state index contributed by atoms with van der Waals surface area (Å²) >= 11 is 0. The van der Waals surface area contributed by atoms with Crippen LogP contribution in [-0.4, -0.2) is 29.5 Å². The summed E-state index contributed by atoms with van der Waals surface area (Å²) < 4.78 is 0. The quantitative estimate of drug-likeness (QED) is 0.192. The Morgan fingerprint density at radius 1 is 1.35 bits per heavy atom. The van der Waals surface area contributed by atoms with E-state index in [1.807, 2.05) is 12.1 Å². The van der Waals surface area contributed by atoms with E-state index in [0.29, 0.717) is 31.1 Å². The molecule has 0 radical (unpaired) electrons. The van der Waals surface area contributed by atoms with Gasteiger partial charge in [0.15, 0.2) is 5.84 Å². The van der Waals surface area contributed by atoms with Crippen molar-refractivity contribution in [2.75, 3.05) is 6.54 Å². The molecule has 0 aliphatic heterocycles. The van der Waals surface area contributed by atoms with Crippen molar-refractivity contribution in [1.82, 2.24) is 10.6 Å². The molecule has 1 aliphatic rings. The monoisotopic (exact) mass is 276 g/mol. The maximum absolute atomic E-state index is 11.5. The van der Waals surface area contributed by atoms with Crippen LogP contribution < -0.4 is 16.4 Å². The Morgan fingerprint density at radius 3 is 2.65 bits per heavy atom. The van der Waals surface area contributed by atoms with Gasteiger partial charge >= 0.3 is 0 Å². The summed E-state index contributed by atoms with van der Waals surface area (Å²) in [6, 6.07) is 7.83. The van der Waals surface area contributed by atoms with Gasteiger partial charge in [-0.1, -0.05) is 29.4 Å². The zero-order valence-corrected chi connectivity index (χ0v) is 11.3. The number of hydrogen-bond donors (Lipinski definition) is 4. The molecule has 20 heavy (non-hydrogen) atoms. The summed E-state index contributed by atoms with van der Waals surface area (Å²) in [5.74, 6) is 0.212. The lowest BCUT2D eigenvalue weighted by atomic mass is 10.1. The smallest absolute Gasteiger partial charge is 0.221 e. The number of carbonyl (C=O) groups excluding carboxylic acids is 1. The third-order valence-electron chi connectivity index (χ3n) is 3.16. The third kappa shape index (κ3) is 4.55. The number of rotatable bonds is 7. The first-order valence-electron chi connectivity index (χ1n) is 6.76. The predicted octanol–water partition coefficient (Wildman–Crippen LogP) is 0.539. The third-order valence-corrected chi connectivity index (χ3v) is 3.16. The summed E-state index contributed by atoms with van der Waals surface area (Å²) in [6.07, 6.45) is 2.73. The average Bonchev–Trinajstić information content (AvgIpc) is 3.27. The molecule has 6 heteroatoms. The Kier molecular flexibility index (Phi) is 4.95. The van der Waals surface area contributed by atoms with E-state index in [-0.39, 0.29) is 11.7 Å². The van der Waals surface area contributed by atoms with E-state index < -0.39 is 0 Å². The second kappa shape index (κ2) is 6.91. The van der Waals surface area contributed by atoms with Crippen molar-refractivity contribution in [3.63, 3.8) is 0 Å². The van der Waals surface area contributed by atoms with Crippen LogP contribution in [0.3, 0.4) is 0 Å². The zero-order chi connectivity index (χ0) is 14.4. The second-order valence-electron chi connectivity index (χ2n) is 4.95. The van der Waals surface area contributed by atoms with Crippen molar-refractivity contribution < 1.29 is 10.0 Å². The van der Waals surface area contributed by atoms with Crippen LogP contribution in [0.1, 0.15) is 30.4 Å². The first-order valence-corrected chi connectivity index (χ1v) is 6.76. The molecule has 0 heterocycles. The molecule has 2 rings (SSSR count). The van der Waals surface area contributed by atoms with Crippen molar-refractivity contribution in [2.24, 2.45) is 10.9 Å². The van der Waals surface area contributed by atoms with Crippen LogP contribution in [0, 0.1) is 0 Å². The number of amidine groups is 1.